The van der Waals surface area contributed by atoms with E-state index in [1.807, 2.05) is 13.8 Å². The van der Waals surface area contributed by atoms with Crippen LogP contribution in [0.4, 0.5) is 0 Å². The zero-order valence-electron chi connectivity index (χ0n) is 18.0. The Hall–Kier alpha value is -1.31. The standard InChI is InChI=1S/C24H40O2/c1-20-14-15-21(12-9-11-17-24(5,6)26-19-25)18-22(20)13-8-7-10-16-23(2,3)4/h14-15,18-19H,7-13,16-17H2,1-6H3. The van der Waals surface area contributed by atoms with Crippen LogP contribution >= 0.6 is 0 Å². The summed E-state index contributed by atoms with van der Waals surface area (Å²) in [5.41, 5.74) is 4.50. The van der Waals surface area contributed by atoms with Gasteiger partial charge in [-0.05, 0) is 87.8 Å². The number of carbonyl (C=O) groups excluding carboxylic acids is 1. The molecule has 0 aliphatic carbocycles. The van der Waals surface area contributed by atoms with E-state index in [0.717, 1.165) is 25.7 Å². The Bertz CT molecular complexity index is 538. The first-order valence-corrected chi connectivity index (χ1v) is 10.3. The van der Waals surface area contributed by atoms with Crippen molar-refractivity contribution in [3.05, 3.63) is 34.9 Å². The fourth-order valence-electron chi connectivity index (χ4n) is 3.37. The number of aryl methyl sites for hydroxylation is 3. The topological polar surface area (TPSA) is 26.3 Å². The van der Waals surface area contributed by atoms with Gasteiger partial charge < -0.3 is 4.74 Å². The number of benzene rings is 1. The van der Waals surface area contributed by atoms with Crippen molar-refractivity contribution in [1.82, 2.24) is 0 Å². The van der Waals surface area contributed by atoms with Crippen LogP contribution in [0.25, 0.3) is 0 Å². The van der Waals surface area contributed by atoms with Gasteiger partial charge in [-0.25, -0.2) is 0 Å². The number of rotatable bonds is 12. The number of unbranched alkanes of at least 4 members (excludes halogenated alkanes) is 3. The van der Waals surface area contributed by atoms with Gasteiger partial charge in [-0.15, -0.1) is 0 Å². The molecule has 0 N–H and O–H groups in total. The van der Waals surface area contributed by atoms with Crippen molar-refractivity contribution in [1.29, 1.82) is 0 Å². The summed E-state index contributed by atoms with van der Waals surface area (Å²) >= 11 is 0. The van der Waals surface area contributed by atoms with Crippen molar-refractivity contribution in [2.75, 3.05) is 0 Å². The summed E-state index contributed by atoms with van der Waals surface area (Å²) in [6.45, 7) is 13.7. The van der Waals surface area contributed by atoms with Gasteiger partial charge in [0.05, 0.1) is 0 Å². The second-order valence-electron chi connectivity index (χ2n) is 9.56. The van der Waals surface area contributed by atoms with Crippen molar-refractivity contribution in [2.24, 2.45) is 5.41 Å². The van der Waals surface area contributed by atoms with Gasteiger partial charge in [-0.1, -0.05) is 51.8 Å². The lowest BCUT2D eigenvalue weighted by molar-refractivity contribution is -0.140. The van der Waals surface area contributed by atoms with Gasteiger partial charge in [0, 0.05) is 0 Å². The molecule has 0 amide bonds. The van der Waals surface area contributed by atoms with Gasteiger partial charge in [-0.3, -0.25) is 4.79 Å². The largest absolute Gasteiger partial charge is 0.462 e. The molecule has 0 aromatic heterocycles. The quantitative estimate of drug-likeness (QED) is 0.302. The van der Waals surface area contributed by atoms with Crippen molar-refractivity contribution in [3.63, 3.8) is 0 Å². The van der Waals surface area contributed by atoms with E-state index < -0.39 is 0 Å². The van der Waals surface area contributed by atoms with E-state index in [1.54, 1.807) is 0 Å². The first-order valence-electron chi connectivity index (χ1n) is 10.3. The average Bonchev–Trinajstić information content (AvgIpc) is 2.52. The van der Waals surface area contributed by atoms with Gasteiger partial charge in [0.1, 0.15) is 5.60 Å². The zero-order valence-corrected chi connectivity index (χ0v) is 18.0. The smallest absolute Gasteiger partial charge is 0.293 e. The molecule has 0 radical (unpaired) electrons. The summed E-state index contributed by atoms with van der Waals surface area (Å²) < 4.78 is 5.12. The SMILES string of the molecule is Cc1ccc(CCCCC(C)(C)OC=O)cc1CCCCCC(C)(C)C. The molecule has 1 aromatic carbocycles. The molecule has 0 aliphatic rings. The van der Waals surface area contributed by atoms with Crippen LogP contribution in [0.2, 0.25) is 0 Å². The Labute approximate surface area is 161 Å². The second-order valence-corrected chi connectivity index (χ2v) is 9.56. The molecule has 2 heteroatoms. The highest BCUT2D eigenvalue weighted by atomic mass is 16.5. The lowest BCUT2D eigenvalue weighted by Crippen LogP contribution is -2.23. The van der Waals surface area contributed by atoms with E-state index in [0.29, 0.717) is 11.9 Å². The van der Waals surface area contributed by atoms with Gasteiger partial charge in [0.2, 0.25) is 0 Å². The summed E-state index contributed by atoms with van der Waals surface area (Å²) in [6.07, 6.45) is 10.7. The van der Waals surface area contributed by atoms with Crippen LogP contribution in [0.3, 0.4) is 0 Å². The van der Waals surface area contributed by atoms with Crippen molar-refractivity contribution >= 4 is 6.47 Å². The third-order valence-corrected chi connectivity index (χ3v) is 5.15. The minimum absolute atomic E-state index is 0.340. The third-order valence-electron chi connectivity index (χ3n) is 5.15. The van der Waals surface area contributed by atoms with E-state index in [4.69, 9.17) is 4.74 Å². The molecule has 0 saturated carbocycles. The van der Waals surface area contributed by atoms with Crippen LogP contribution < -0.4 is 0 Å². The van der Waals surface area contributed by atoms with Crippen molar-refractivity contribution < 1.29 is 9.53 Å². The molecule has 0 atom stereocenters. The molecule has 0 bridgehead atoms. The zero-order chi connectivity index (χ0) is 19.6. The Morgan fingerprint density at radius 3 is 2.19 bits per heavy atom. The summed E-state index contributed by atoms with van der Waals surface area (Å²) in [7, 11) is 0. The fourth-order valence-corrected chi connectivity index (χ4v) is 3.37. The van der Waals surface area contributed by atoms with Gasteiger partial charge in [-0.2, -0.15) is 0 Å². The van der Waals surface area contributed by atoms with Crippen molar-refractivity contribution in [3.8, 4) is 0 Å². The molecular formula is C24H40O2. The first kappa shape index (κ1) is 22.7. The molecule has 0 saturated heterocycles. The molecule has 0 unspecified atom stereocenters. The molecule has 2 nitrogen and oxygen atoms in total. The monoisotopic (exact) mass is 360 g/mol. The average molecular weight is 361 g/mol. The number of carbonyl (C=O) groups is 1. The lowest BCUT2D eigenvalue weighted by atomic mass is 9.89. The highest BCUT2D eigenvalue weighted by Crippen LogP contribution is 2.23. The number of hydrogen-bond acceptors (Lipinski definition) is 2. The Balaban J connectivity index is 2.38. The third kappa shape index (κ3) is 9.99. The molecule has 0 aliphatic heterocycles. The van der Waals surface area contributed by atoms with Gasteiger partial charge in [0.15, 0.2) is 0 Å². The summed E-state index contributed by atoms with van der Waals surface area (Å²) in [6, 6.07) is 6.96. The Morgan fingerprint density at radius 1 is 0.885 bits per heavy atom. The van der Waals surface area contributed by atoms with Crippen LogP contribution in [-0.2, 0) is 22.4 Å². The predicted molar refractivity (Wildman–Crippen MR) is 112 cm³/mol. The summed E-state index contributed by atoms with van der Waals surface area (Å²) in [5.74, 6) is 0. The predicted octanol–water partition coefficient (Wildman–Crippen LogP) is 6.81. The molecule has 26 heavy (non-hydrogen) atoms. The van der Waals surface area contributed by atoms with Gasteiger partial charge >= 0.3 is 0 Å². The summed E-state index contributed by atoms with van der Waals surface area (Å²) in [5, 5.41) is 0. The minimum Gasteiger partial charge on any atom is -0.462 e. The van der Waals surface area contributed by atoms with E-state index in [9.17, 15) is 4.79 Å². The second kappa shape index (κ2) is 10.7. The minimum atomic E-state index is -0.340. The van der Waals surface area contributed by atoms with E-state index in [1.165, 1.54) is 48.8 Å². The highest BCUT2D eigenvalue weighted by molar-refractivity contribution is 5.38. The summed E-state index contributed by atoms with van der Waals surface area (Å²) in [4.78, 5) is 10.5. The molecule has 1 aromatic rings. The molecule has 0 heterocycles. The van der Waals surface area contributed by atoms with Crippen molar-refractivity contribution in [2.45, 2.75) is 105 Å². The Morgan fingerprint density at radius 2 is 1.54 bits per heavy atom. The van der Waals surface area contributed by atoms with E-state index in [-0.39, 0.29) is 5.60 Å². The maximum absolute atomic E-state index is 10.5. The molecular weight excluding hydrogens is 320 g/mol. The van der Waals surface area contributed by atoms with Crippen LogP contribution in [0, 0.1) is 12.3 Å². The first-order chi connectivity index (χ1) is 12.1. The molecule has 0 fully saturated rings. The molecule has 148 valence electrons. The number of ether oxygens (including phenoxy) is 1. The maximum atomic E-state index is 10.5. The van der Waals surface area contributed by atoms with Crippen LogP contribution in [-0.4, -0.2) is 12.1 Å². The normalized spacial score (nSPS) is 12.2. The maximum Gasteiger partial charge on any atom is 0.293 e. The number of hydrogen-bond donors (Lipinski definition) is 0. The Kier molecular flexibility index (Phi) is 9.39. The van der Waals surface area contributed by atoms with Crippen LogP contribution in [0.5, 0.6) is 0 Å². The van der Waals surface area contributed by atoms with Crippen LogP contribution in [0.1, 0.15) is 96.3 Å². The highest BCUT2D eigenvalue weighted by Gasteiger charge is 2.17. The molecule has 1 rings (SSSR count). The van der Waals surface area contributed by atoms with E-state index in [2.05, 4.69) is 45.9 Å². The van der Waals surface area contributed by atoms with E-state index >= 15 is 0 Å². The fraction of sp³-hybridized carbons (Fsp3) is 0.708. The van der Waals surface area contributed by atoms with Crippen LogP contribution in [0.15, 0.2) is 18.2 Å². The molecule has 0 spiro atoms. The van der Waals surface area contributed by atoms with Gasteiger partial charge in [0.25, 0.3) is 6.47 Å². The lowest BCUT2D eigenvalue weighted by Gasteiger charge is -2.22.